The Morgan fingerprint density at radius 3 is 2.42 bits per heavy atom. The summed E-state index contributed by atoms with van der Waals surface area (Å²) in [4.78, 5) is 11.4. The molecule has 0 heterocycles. The predicted octanol–water partition coefficient (Wildman–Crippen LogP) is 5.81. The predicted molar refractivity (Wildman–Crippen MR) is 141 cm³/mol. The van der Waals surface area contributed by atoms with Gasteiger partial charge in [0.1, 0.15) is 10.7 Å². The lowest BCUT2D eigenvalue weighted by atomic mass is 9.95. The van der Waals surface area contributed by atoms with E-state index < -0.39 is 18.3 Å². The van der Waals surface area contributed by atoms with Crippen LogP contribution in [0.5, 0.6) is 0 Å². The molecule has 3 N–H and O–H groups in total. The highest BCUT2D eigenvalue weighted by atomic mass is 127. The zero-order valence-corrected chi connectivity index (χ0v) is 21.4. The first-order valence-corrected chi connectivity index (χ1v) is 13.1. The zero-order valence-electron chi connectivity index (χ0n) is 19.2. The Morgan fingerprint density at radius 1 is 1.00 bits per heavy atom. The molecule has 2 rings (SSSR count). The van der Waals surface area contributed by atoms with Gasteiger partial charge in [0.25, 0.3) is 0 Å². The van der Waals surface area contributed by atoms with Gasteiger partial charge >= 0.3 is 5.97 Å². The minimum atomic E-state index is -0.893. The average Bonchev–Trinajstić information content (AvgIpc) is 2.83. The van der Waals surface area contributed by atoms with Gasteiger partial charge in [-0.05, 0) is 64.1 Å². The highest BCUT2D eigenvalue weighted by Gasteiger charge is 2.18. The Kier molecular flexibility index (Phi) is 12.7. The molecule has 0 aromatic heterocycles. The Labute approximate surface area is 210 Å². The smallest absolute Gasteiger partial charge is 0.306 e. The molecule has 5 nitrogen and oxygen atoms in total. The second kappa shape index (κ2) is 15.2. The minimum Gasteiger partial charge on any atom is -0.455 e. The number of hydrogen-bond acceptors (Lipinski definition) is 5. The molecule has 0 amide bonds. The monoisotopic (exact) mass is 566 g/mol. The van der Waals surface area contributed by atoms with Crippen LogP contribution < -0.4 is 0 Å². The van der Waals surface area contributed by atoms with E-state index in [1.807, 2.05) is 77.2 Å². The van der Waals surface area contributed by atoms with Crippen LogP contribution in [0.15, 0.2) is 54.6 Å². The molecule has 0 radical (unpaired) electrons. The Hall–Kier alpha value is -1.74. The fourth-order valence-electron chi connectivity index (χ4n) is 3.65. The summed E-state index contributed by atoms with van der Waals surface area (Å²) < 4.78 is 5.24. The molecule has 0 aliphatic heterocycles. The molecule has 0 spiro atoms. The van der Waals surface area contributed by atoms with Crippen molar-refractivity contribution in [1.82, 2.24) is 0 Å². The normalized spacial score (nSPS) is 14.2. The standard InChI is InChI=1S/C27H35IO5/c1-2-3-4-11-25(30)27(32)22-15-13-21(14-16-22)24-10-6-5-8-20(24)17-18-23(29)9-7-12-26(31)33-19-28/h5-6,8,10,13-18,23,25,27,29-30,32H,2-4,7,9,11-12,19H2,1H3/b18-17+/t23-,25+,27+/m0/s1. The number of rotatable bonds is 14. The lowest BCUT2D eigenvalue weighted by Gasteiger charge is -2.18. The maximum absolute atomic E-state index is 11.4. The first kappa shape index (κ1) is 27.5. The van der Waals surface area contributed by atoms with Gasteiger partial charge in [0, 0.05) is 6.42 Å². The lowest BCUT2D eigenvalue weighted by Crippen LogP contribution is -2.18. The number of unbranched alkanes of at least 4 members (excludes halogenated alkanes) is 2. The molecular weight excluding hydrogens is 531 g/mol. The molecule has 0 saturated carbocycles. The second-order valence-corrected chi connectivity index (χ2v) is 8.78. The molecule has 0 saturated heterocycles. The summed E-state index contributed by atoms with van der Waals surface area (Å²) >= 11 is 1.98. The molecule has 0 fully saturated rings. The van der Waals surface area contributed by atoms with Crippen molar-refractivity contribution in [3.63, 3.8) is 0 Å². The summed E-state index contributed by atoms with van der Waals surface area (Å²) in [5, 5.41) is 31.0. The van der Waals surface area contributed by atoms with Gasteiger partial charge in [-0.15, -0.1) is 0 Å². The van der Waals surface area contributed by atoms with E-state index in [9.17, 15) is 20.1 Å². The van der Waals surface area contributed by atoms with Crippen molar-refractivity contribution in [3.8, 4) is 11.1 Å². The zero-order chi connectivity index (χ0) is 24.1. The number of esters is 1. The van der Waals surface area contributed by atoms with E-state index in [0.717, 1.165) is 36.0 Å². The van der Waals surface area contributed by atoms with Crippen LogP contribution in [-0.4, -0.2) is 38.1 Å². The van der Waals surface area contributed by atoms with Crippen LogP contribution in [0, 0.1) is 0 Å². The second-order valence-electron chi connectivity index (χ2n) is 8.16. The molecule has 0 aliphatic rings. The number of carbonyl (C=O) groups excluding carboxylic acids is 1. The number of aliphatic hydroxyl groups is 3. The summed E-state index contributed by atoms with van der Waals surface area (Å²) in [5.41, 5.74) is 3.67. The fraction of sp³-hybridized carbons (Fsp3) is 0.444. The molecule has 0 unspecified atom stereocenters. The van der Waals surface area contributed by atoms with Crippen LogP contribution in [0.2, 0.25) is 0 Å². The summed E-state index contributed by atoms with van der Waals surface area (Å²) in [6.07, 6.45) is 6.32. The number of hydrogen-bond donors (Lipinski definition) is 3. The van der Waals surface area contributed by atoms with E-state index in [1.54, 1.807) is 6.08 Å². The van der Waals surface area contributed by atoms with Gasteiger partial charge < -0.3 is 20.1 Å². The molecule has 0 bridgehead atoms. The van der Waals surface area contributed by atoms with Crippen LogP contribution in [0.25, 0.3) is 17.2 Å². The molecular formula is C27H35IO5. The Balaban J connectivity index is 2.01. The average molecular weight is 566 g/mol. The van der Waals surface area contributed by atoms with E-state index in [1.165, 1.54) is 0 Å². The Morgan fingerprint density at radius 2 is 1.73 bits per heavy atom. The number of alkyl halides is 1. The van der Waals surface area contributed by atoms with E-state index in [-0.39, 0.29) is 5.97 Å². The van der Waals surface area contributed by atoms with Crippen molar-refractivity contribution in [2.75, 3.05) is 4.61 Å². The first-order valence-electron chi connectivity index (χ1n) is 11.6. The van der Waals surface area contributed by atoms with E-state index in [0.29, 0.717) is 35.9 Å². The molecule has 6 heteroatoms. The number of aliphatic hydroxyl groups excluding tert-OH is 3. The van der Waals surface area contributed by atoms with Crippen LogP contribution in [-0.2, 0) is 9.53 Å². The molecule has 2 aromatic rings. The van der Waals surface area contributed by atoms with Crippen molar-refractivity contribution < 1.29 is 24.9 Å². The lowest BCUT2D eigenvalue weighted by molar-refractivity contribution is -0.141. The topological polar surface area (TPSA) is 87.0 Å². The van der Waals surface area contributed by atoms with Crippen LogP contribution >= 0.6 is 22.6 Å². The minimum absolute atomic E-state index is 0.243. The first-order chi connectivity index (χ1) is 16.0. The van der Waals surface area contributed by atoms with Gasteiger partial charge in [-0.3, -0.25) is 4.79 Å². The Bertz CT molecular complexity index is 865. The van der Waals surface area contributed by atoms with Gasteiger partial charge in [-0.25, -0.2) is 0 Å². The summed E-state index contributed by atoms with van der Waals surface area (Å²) in [7, 11) is 0. The van der Waals surface area contributed by atoms with Crippen LogP contribution in [0.1, 0.15) is 69.1 Å². The maximum atomic E-state index is 11.4. The third-order valence-corrected chi connectivity index (χ3v) is 5.90. The van der Waals surface area contributed by atoms with Gasteiger partial charge in [-0.1, -0.05) is 86.9 Å². The highest BCUT2D eigenvalue weighted by molar-refractivity contribution is 14.1. The van der Waals surface area contributed by atoms with Crippen LogP contribution in [0.4, 0.5) is 0 Å². The molecule has 3 atom stereocenters. The van der Waals surface area contributed by atoms with Crippen molar-refractivity contribution >= 4 is 34.6 Å². The third kappa shape index (κ3) is 9.57. The summed E-state index contributed by atoms with van der Waals surface area (Å²) in [6.45, 7) is 2.11. The molecule has 2 aromatic carbocycles. The molecule has 33 heavy (non-hydrogen) atoms. The fourth-order valence-corrected chi connectivity index (χ4v) is 4.00. The highest BCUT2D eigenvalue weighted by Crippen LogP contribution is 2.28. The third-order valence-electron chi connectivity index (χ3n) is 5.59. The van der Waals surface area contributed by atoms with E-state index in [2.05, 4.69) is 6.92 Å². The number of halogens is 1. The largest absolute Gasteiger partial charge is 0.455 e. The summed E-state index contributed by atoms with van der Waals surface area (Å²) in [5.74, 6) is -0.243. The van der Waals surface area contributed by atoms with E-state index in [4.69, 9.17) is 4.74 Å². The SMILES string of the molecule is CCCCC[C@@H](O)[C@H](O)c1ccc(-c2ccccc2/C=C/[C@@H](O)CCCC(=O)OCI)cc1. The number of carbonyl (C=O) groups is 1. The number of ether oxygens (including phenoxy) is 1. The van der Waals surface area contributed by atoms with Gasteiger partial charge in [0.05, 0.1) is 12.2 Å². The van der Waals surface area contributed by atoms with Gasteiger partial charge in [-0.2, -0.15) is 0 Å². The van der Waals surface area contributed by atoms with Crippen molar-refractivity contribution in [1.29, 1.82) is 0 Å². The summed E-state index contributed by atoms with van der Waals surface area (Å²) in [6, 6.07) is 15.5. The van der Waals surface area contributed by atoms with Crippen molar-refractivity contribution in [2.24, 2.45) is 0 Å². The quantitative estimate of drug-likeness (QED) is 0.116. The van der Waals surface area contributed by atoms with Gasteiger partial charge in [0.15, 0.2) is 0 Å². The van der Waals surface area contributed by atoms with Crippen LogP contribution in [0.3, 0.4) is 0 Å². The molecule has 0 aliphatic carbocycles. The van der Waals surface area contributed by atoms with E-state index >= 15 is 0 Å². The maximum Gasteiger partial charge on any atom is 0.306 e. The van der Waals surface area contributed by atoms with Crippen molar-refractivity contribution in [2.45, 2.75) is 70.2 Å². The van der Waals surface area contributed by atoms with Crippen molar-refractivity contribution in [3.05, 3.63) is 65.7 Å². The number of benzene rings is 2. The van der Waals surface area contributed by atoms with Gasteiger partial charge in [0.2, 0.25) is 0 Å². The molecule has 180 valence electrons.